The third-order valence-electron chi connectivity index (χ3n) is 6.05. The molecule has 1 fully saturated rings. The van der Waals surface area contributed by atoms with Gasteiger partial charge in [-0.1, -0.05) is 0 Å². The lowest BCUT2D eigenvalue weighted by Gasteiger charge is -2.29. The van der Waals surface area contributed by atoms with E-state index in [2.05, 4.69) is 24.8 Å². The van der Waals surface area contributed by atoms with Crippen LogP contribution in [0.4, 0.5) is 10.1 Å². The SMILES string of the molecule is COc1nccnc1C(O)c1cc(-c2ncnc3cc(N4CCOCC4)ccc23)c(F)cc1C. The first kappa shape index (κ1) is 22.1. The number of aliphatic hydroxyl groups excluding tert-OH is 1. The number of aliphatic hydroxyl groups is 1. The highest BCUT2D eigenvalue weighted by Gasteiger charge is 2.23. The summed E-state index contributed by atoms with van der Waals surface area (Å²) >= 11 is 0. The van der Waals surface area contributed by atoms with Crippen molar-refractivity contribution in [1.82, 2.24) is 19.9 Å². The lowest BCUT2D eigenvalue weighted by molar-refractivity contribution is 0.122. The van der Waals surface area contributed by atoms with Gasteiger partial charge in [0, 0.05) is 42.1 Å². The Labute approximate surface area is 196 Å². The third-order valence-corrected chi connectivity index (χ3v) is 6.05. The zero-order valence-electron chi connectivity index (χ0n) is 18.9. The quantitative estimate of drug-likeness (QED) is 0.483. The lowest BCUT2D eigenvalue weighted by atomic mass is 9.95. The van der Waals surface area contributed by atoms with Gasteiger partial charge in [0.1, 0.15) is 23.9 Å². The van der Waals surface area contributed by atoms with Crippen molar-refractivity contribution in [2.45, 2.75) is 13.0 Å². The van der Waals surface area contributed by atoms with Crippen LogP contribution in [0.15, 0.2) is 49.1 Å². The molecule has 0 spiro atoms. The fourth-order valence-corrected chi connectivity index (χ4v) is 4.27. The smallest absolute Gasteiger partial charge is 0.238 e. The van der Waals surface area contributed by atoms with Crippen molar-refractivity contribution in [1.29, 1.82) is 0 Å². The summed E-state index contributed by atoms with van der Waals surface area (Å²) in [4.78, 5) is 19.4. The molecule has 0 bridgehead atoms. The van der Waals surface area contributed by atoms with Gasteiger partial charge >= 0.3 is 0 Å². The second kappa shape index (κ2) is 9.28. The molecule has 1 N–H and O–H groups in total. The van der Waals surface area contributed by atoms with Crippen LogP contribution < -0.4 is 9.64 Å². The molecule has 0 saturated carbocycles. The maximum Gasteiger partial charge on any atom is 0.238 e. The summed E-state index contributed by atoms with van der Waals surface area (Å²) in [5.41, 5.74) is 3.81. The Bertz CT molecular complexity index is 1340. The molecule has 3 heterocycles. The number of rotatable bonds is 5. The van der Waals surface area contributed by atoms with Gasteiger partial charge in [0.15, 0.2) is 0 Å². The Kier molecular flexibility index (Phi) is 6.04. The van der Waals surface area contributed by atoms with E-state index in [-0.39, 0.29) is 17.1 Å². The number of anilines is 1. The number of hydrogen-bond acceptors (Lipinski definition) is 8. The molecule has 174 valence electrons. The van der Waals surface area contributed by atoms with Crippen LogP contribution in [0.25, 0.3) is 22.2 Å². The number of aryl methyl sites for hydroxylation is 1. The summed E-state index contributed by atoms with van der Waals surface area (Å²) in [5.74, 6) is -0.222. The molecule has 2 aromatic heterocycles. The fraction of sp³-hybridized carbons (Fsp3) is 0.280. The van der Waals surface area contributed by atoms with E-state index in [0.717, 1.165) is 24.2 Å². The highest BCUT2D eigenvalue weighted by atomic mass is 19.1. The van der Waals surface area contributed by atoms with Crippen molar-refractivity contribution < 1.29 is 19.0 Å². The molecular formula is C25H24FN5O3. The molecule has 34 heavy (non-hydrogen) atoms. The Morgan fingerprint density at radius 2 is 1.85 bits per heavy atom. The van der Waals surface area contributed by atoms with E-state index < -0.39 is 11.9 Å². The topological polar surface area (TPSA) is 93.5 Å². The molecule has 1 aliphatic heterocycles. The molecule has 0 radical (unpaired) electrons. The molecule has 1 saturated heterocycles. The van der Waals surface area contributed by atoms with Gasteiger partial charge in [0.25, 0.3) is 0 Å². The highest BCUT2D eigenvalue weighted by Crippen LogP contribution is 2.35. The maximum atomic E-state index is 15.2. The minimum absolute atomic E-state index is 0.211. The van der Waals surface area contributed by atoms with Crippen LogP contribution in [0.5, 0.6) is 5.88 Å². The number of methoxy groups -OCH3 is 1. The molecule has 0 amide bonds. The van der Waals surface area contributed by atoms with E-state index in [1.807, 2.05) is 18.2 Å². The molecule has 1 atom stereocenters. The average molecular weight is 461 g/mol. The second-order valence-electron chi connectivity index (χ2n) is 8.07. The Balaban J connectivity index is 1.59. The van der Waals surface area contributed by atoms with Gasteiger partial charge in [0.05, 0.1) is 31.5 Å². The van der Waals surface area contributed by atoms with E-state index in [0.29, 0.717) is 35.6 Å². The monoisotopic (exact) mass is 461 g/mol. The largest absolute Gasteiger partial charge is 0.480 e. The average Bonchev–Trinajstić information content (AvgIpc) is 2.88. The van der Waals surface area contributed by atoms with Crippen LogP contribution in [0, 0.1) is 12.7 Å². The minimum Gasteiger partial charge on any atom is -0.480 e. The summed E-state index contributed by atoms with van der Waals surface area (Å²) in [6, 6.07) is 8.90. The zero-order valence-corrected chi connectivity index (χ0v) is 18.9. The van der Waals surface area contributed by atoms with Crippen molar-refractivity contribution in [3.05, 3.63) is 71.7 Å². The van der Waals surface area contributed by atoms with Gasteiger partial charge < -0.3 is 19.5 Å². The van der Waals surface area contributed by atoms with Crippen molar-refractivity contribution in [2.75, 3.05) is 38.3 Å². The number of fused-ring (bicyclic) bond motifs is 1. The molecule has 5 rings (SSSR count). The highest BCUT2D eigenvalue weighted by molar-refractivity contribution is 5.94. The van der Waals surface area contributed by atoms with E-state index in [4.69, 9.17) is 9.47 Å². The Morgan fingerprint density at radius 1 is 1.06 bits per heavy atom. The molecule has 2 aromatic carbocycles. The van der Waals surface area contributed by atoms with Crippen molar-refractivity contribution in [3.8, 4) is 17.1 Å². The predicted molar refractivity (Wildman–Crippen MR) is 125 cm³/mol. The molecule has 8 nitrogen and oxygen atoms in total. The van der Waals surface area contributed by atoms with E-state index >= 15 is 4.39 Å². The van der Waals surface area contributed by atoms with Gasteiger partial charge in [-0.2, -0.15) is 0 Å². The number of halogens is 1. The number of nitrogens with zero attached hydrogens (tertiary/aromatic N) is 5. The number of morpholine rings is 1. The first-order valence-electron chi connectivity index (χ1n) is 11.0. The zero-order chi connectivity index (χ0) is 23.7. The van der Waals surface area contributed by atoms with Crippen molar-refractivity contribution >= 4 is 16.6 Å². The molecule has 1 aliphatic rings. The summed E-state index contributed by atoms with van der Waals surface area (Å²) in [5, 5.41) is 11.8. The van der Waals surface area contributed by atoms with Crippen LogP contribution in [0.3, 0.4) is 0 Å². The standard InChI is InChI=1S/C25H24FN5O3/c1-15-11-20(26)19(13-18(15)24(32)23-25(33-2)28-6-5-27-23)22-17-4-3-16(12-21(17)29-14-30-22)31-7-9-34-10-8-31/h3-6,11-14,24,32H,7-10H2,1-2H3. The van der Waals surface area contributed by atoms with Crippen LogP contribution in [0.1, 0.15) is 22.9 Å². The van der Waals surface area contributed by atoms with Gasteiger partial charge in [0.2, 0.25) is 5.88 Å². The fourth-order valence-electron chi connectivity index (χ4n) is 4.27. The van der Waals surface area contributed by atoms with E-state index in [1.165, 1.54) is 31.9 Å². The van der Waals surface area contributed by atoms with E-state index in [1.54, 1.807) is 13.0 Å². The number of ether oxygens (including phenoxy) is 2. The summed E-state index contributed by atoms with van der Waals surface area (Å²) < 4.78 is 25.9. The first-order valence-corrected chi connectivity index (χ1v) is 11.0. The summed E-state index contributed by atoms with van der Waals surface area (Å²) in [6.45, 7) is 4.72. The minimum atomic E-state index is -1.15. The summed E-state index contributed by atoms with van der Waals surface area (Å²) in [6.07, 6.45) is 3.24. The molecular weight excluding hydrogens is 437 g/mol. The van der Waals surface area contributed by atoms with Gasteiger partial charge in [-0.25, -0.2) is 19.3 Å². The Morgan fingerprint density at radius 3 is 2.65 bits per heavy atom. The van der Waals surface area contributed by atoms with Gasteiger partial charge in [-0.15, -0.1) is 0 Å². The number of benzene rings is 2. The second-order valence-corrected chi connectivity index (χ2v) is 8.07. The molecule has 0 aliphatic carbocycles. The maximum absolute atomic E-state index is 15.2. The van der Waals surface area contributed by atoms with Crippen molar-refractivity contribution in [3.63, 3.8) is 0 Å². The summed E-state index contributed by atoms with van der Waals surface area (Å²) in [7, 11) is 1.46. The molecule has 1 unspecified atom stereocenters. The third kappa shape index (κ3) is 4.04. The van der Waals surface area contributed by atoms with Crippen LogP contribution >= 0.6 is 0 Å². The van der Waals surface area contributed by atoms with Crippen LogP contribution in [-0.2, 0) is 4.74 Å². The van der Waals surface area contributed by atoms with Gasteiger partial charge in [-0.3, -0.25) is 4.98 Å². The van der Waals surface area contributed by atoms with E-state index in [9.17, 15) is 5.11 Å². The first-order chi connectivity index (χ1) is 16.6. The lowest BCUT2D eigenvalue weighted by Crippen LogP contribution is -2.36. The van der Waals surface area contributed by atoms with Gasteiger partial charge in [-0.05, 0) is 48.4 Å². The molecule has 4 aromatic rings. The predicted octanol–water partition coefficient (Wildman–Crippen LogP) is 3.46. The Hall–Kier alpha value is -3.69. The number of hydrogen-bond donors (Lipinski definition) is 1. The molecule has 9 heteroatoms. The van der Waals surface area contributed by atoms with Crippen LogP contribution in [-0.4, -0.2) is 58.5 Å². The normalized spacial score (nSPS) is 14.9. The van der Waals surface area contributed by atoms with Crippen LogP contribution in [0.2, 0.25) is 0 Å². The number of aromatic nitrogens is 4. The van der Waals surface area contributed by atoms with Crippen molar-refractivity contribution in [2.24, 2.45) is 0 Å².